The Morgan fingerprint density at radius 3 is 2.05 bits per heavy atom. The molecule has 1 aromatic carbocycles. The van der Waals surface area contributed by atoms with Crippen molar-refractivity contribution in [3.63, 3.8) is 0 Å². The van der Waals surface area contributed by atoms with E-state index in [1.165, 1.54) is 6.42 Å². The largest absolute Gasteiger partial charge is 0.297 e. The van der Waals surface area contributed by atoms with Crippen LogP contribution < -0.4 is 0 Å². The van der Waals surface area contributed by atoms with Gasteiger partial charge in [-0.25, -0.2) is 0 Å². The Kier molecular flexibility index (Phi) is 11.8. The number of rotatable bonds is 8. The zero-order valence-corrected chi connectivity index (χ0v) is 13.5. The van der Waals surface area contributed by atoms with Crippen molar-refractivity contribution < 1.29 is 17.3 Å². The van der Waals surface area contributed by atoms with Gasteiger partial charge in [0.1, 0.15) is 0 Å². The minimum atomic E-state index is -3.88. The maximum absolute atomic E-state index is 11.3. The van der Waals surface area contributed by atoms with Crippen LogP contribution in [0.15, 0.2) is 35.2 Å². The molecule has 6 heteroatoms. The number of benzene rings is 1. The molecule has 1 rings (SSSR count). The first-order valence-corrected chi connectivity index (χ1v) is 8.81. The van der Waals surface area contributed by atoms with E-state index < -0.39 is 10.1 Å². The van der Waals surface area contributed by atoms with Gasteiger partial charge in [0.05, 0.1) is 5.75 Å². The van der Waals surface area contributed by atoms with E-state index in [-0.39, 0.29) is 5.75 Å². The number of halogens is 1. The van der Waals surface area contributed by atoms with Crippen LogP contribution in [0.2, 0.25) is 0 Å². The zero-order valence-electron chi connectivity index (χ0n) is 11.8. The summed E-state index contributed by atoms with van der Waals surface area (Å²) < 4.78 is 35.1. The third-order valence-electron chi connectivity index (χ3n) is 2.60. The molecule has 0 aliphatic rings. The molecule has 0 amide bonds. The Bertz CT molecular complexity index is 421. The molecule has 0 bridgehead atoms. The van der Waals surface area contributed by atoms with Gasteiger partial charge in [0.25, 0.3) is 10.1 Å². The van der Waals surface area contributed by atoms with Gasteiger partial charge >= 0.3 is 0 Å². The Morgan fingerprint density at radius 2 is 1.60 bits per heavy atom. The average molecular weight is 322 g/mol. The van der Waals surface area contributed by atoms with Gasteiger partial charge in [-0.05, 0) is 23.1 Å². The monoisotopic (exact) mass is 322 g/mol. The fourth-order valence-electron chi connectivity index (χ4n) is 1.52. The predicted molar refractivity (Wildman–Crippen MR) is 83.0 cm³/mol. The van der Waals surface area contributed by atoms with E-state index in [1.54, 1.807) is 0 Å². The summed E-state index contributed by atoms with van der Waals surface area (Å²) in [6, 6.07) is 9.79. The molecule has 3 nitrogen and oxygen atoms in total. The van der Waals surface area contributed by atoms with E-state index in [0.29, 0.717) is 6.42 Å². The molecule has 0 unspecified atom stereocenters. The molecule has 0 spiro atoms. The molecule has 0 aliphatic carbocycles. The molecule has 0 saturated carbocycles. The Hall–Kier alpha value is -0.590. The standard InChI is InChI=1S/C8H17FO3S.C6H6S/c1-2-3-4-5-6-7-8-13(10,11)12-9;7-6-4-2-1-3-5-6/h2-8H2,1H3;1-5,7H. The first-order valence-electron chi connectivity index (χ1n) is 6.78. The van der Waals surface area contributed by atoms with Gasteiger partial charge in [-0.15, -0.1) is 12.6 Å². The summed E-state index contributed by atoms with van der Waals surface area (Å²) in [5.74, 6) is -0.213. The molecule has 0 heterocycles. The molecule has 1 aromatic rings. The Labute approximate surface area is 127 Å². The SMILES string of the molecule is CCCCCCCCS(=O)(=O)OF.Sc1ccccc1. The third-order valence-corrected chi connectivity index (χ3v) is 3.88. The van der Waals surface area contributed by atoms with E-state index in [2.05, 4.69) is 23.9 Å². The first-order chi connectivity index (χ1) is 9.52. The summed E-state index contributed by atoms with van der Waals surface area (Å²) in [4.78, 5) is 1.02. The summed E-state index contributed by atoms with van der Waals surface area (Å²) >= 11 is 4.08. The highest BCUT2D eigenvalue weighted by atomic mass is 32.2. The van der Waals surface area contributed by atoms with Crippen LogP contribution in [0.4, 0.5) is 4.53 Å². The number of thiol groups is 1. The van der Waals surface area contributed by atoms with E-state index >= 15 is 0 Å². The molecule has 20 heavy (non-hydrogen) atoms. The summed E-state index contributed by atoms with van der Waals surface area (Å²) in [5, 5.41) is 0. The lowest BCUT2D eigenvalue weighted by atomic mass is 10.1. The molecule has 0 saturated heterocycles. The number of hydrogen-bond acceptors (Lipinski definition) is 4. The molecular weight excluding hydrogens is 299 g/mol. The van der Waals surface area contributed by atoms with Gasteiger partial charge in [0.2, 0.25) is 0 Å². The molecule has 0 aliphatic heterocycles. The Morgan fingerprint density at radius 1 is 1.05 bits per heavy atom. The van der Waals surface area contributed by atoms with Crippen LogP contribution in [0, 0.1) is 0 Å². The summed E-state index contributed by atoms with van der Waals surface area (Å²) in [5.41, 5.74) is 0. The fraction of sp³-hybridized carbons (Fsp3) is 0.571. The highest BCUT2D eigenvalue weighted by Crippen LogP contribution is 2.07. The van der Waals surface area contributed by atoms with Gasteiger partial charge in [0.15, 0.2) is 0 Å². The first kappa shape index (κ1) is 19.4. The van der Waals surface area contributed by atoms with Gasteiger partial charge in [-0.1, -0.05) is 61.6 Å². The summed E-state index contributed by atoms with van der Waals surface area (Å²) in [7, 11) is -3.88. The summed E-state index contributed by atoms with van der Waals surface area (Å²) in [6.45, 7) is 2.11. The lowest BCUT2D eigenvalue weighted by Crippen LogP contribution is -2.05. The molecule has 116 valence electrons. The van der Waals surface area contributed by atoms with E-state index in [4.69, 9.17) is 0 Å². The van der Waals surface area contributed by atoms with Crippen molar-refractivity contribution in [2.45, 2.75) is 50.3 Å². The van der Waals surface area contributed by atoms with Crippen molar-refractivity contribution in [2.24, 2.45) is 0 Å². The Balaban J connectivity index is 0.000000428. The highest BCUT2D eigenvalue weighted by Gasteiger charge is 2.09. The van der Waals surface area contributed by atoms with E-state index in [9.17, 15) is 12.9 Å². The molecular formula is C14H23FO3S2. The van der Waals surface area contributed by atoms with Crippen LogP contribution in [0.5, 0.6) is 0 Å². The zero-order chi connectivity index (χ0) is 15.3. The number of unbranched alkanes of at least 4 members (excludes halogenated alkanes) is 5. The predicted octanol–water partition coefficient (Wildman–Crippen LogP) is 4.55. The normalized spacial score (nSPS) is 10.8. The number of hydrogen-bond donors (Lipinski definition) is 1. The van der Waals surface area contributed by atoms with Crippen molar-refractivity contribution in [3.8, 4) is 0 Å². The van der Waals surface area contributed by atoms with Crippen molar-refractivity contribution in [2.75, 3.05) is 5.75 Å². The van der Waals surface area contributed by atoms with Gasteiger partial charge in [-0.2, -0.15) is 8.42 Å². The molecule has 0 atom stereocenters. The van der Waals surface area contributed by atoms with Crippen molar-refractivity contribution in [3.05, 3.63) is 30.3 Å². The fourth-order valence-corrected chi connectivity index (χ4v) is 2.31. The van der Waals surface area contributed by atoms with Crippen molar-refractivity contribution in [1.82, 2.24) is 0 Å². The smallest absolute Gasteiger partial charge is 0.197 e. The van der Waals surface area contributed by atoms with Crippen LogP contribution >= 0.6 is 12.6 Å². The molecule has 0 aromatic heterocycles. The van der Waals surface area contributed by atoms with Gasteiger partial charge in [-0.3, -0.25) is 0 Å². The van der Waals surface area contributed by atoms with E-state index in [0.717, 1.165) is 30.6 Å². The minimum absolute atomic E-state index is 0.213. The summed E-state index contributed by atoms with van der Waals surface area (Å²) in [6.07, 6.45) is 5.76. The third kappa shape index (κ3) is 12.4. The minimum Gasteiger partial charge on any atom is -0.197 e. The van der Waals surface area contributed by atoms with Crippen LogP contribution in [-0.2, 0) is 14.5 Å². The molecule has 0 N–H and O–H groups in total. The van der Waals surface area contributed by atoms with Crippen LogP contribution in [0.3, 0.4) is 0 Å². The van der Waals surface area contributed by atoms with Crippen LogP contribution in [0.25, 0.3) is 0 Å². The quantitative estimate of drug-likeness (QED) is 0.564. The second-order valence-corrected chi connectivity index (χ2v) is 6.59. The van der Waals surface area contributed by atoms with E-state index in [1.807, 2.05) is 30.3 Å². The average Bonchev–Trinajstić information content (AvgIpc) is 2.44. The second-order valence-electron chi connectivity index (χ2n) is 4.43. The van der Waals surface area contributed by atoms with Gasteiger partial charge in [0, 0.05) is 4.90 Å². The highest BCUT2D eigenvalue weighted by molar-refractivity contribution is 7.86. The maximum Gasteiger partial charge on any atom is 0.297 e. The van der Waals surface area contributed by atoms with Crippen LogP contribution in [-0.4, -0.2) is 14.2 Å². The maximum atomic E-state index is 11.3. The second kappa shape index (κ2) is 12.2. The van der Waals surface area contributed by atoms with Crippen LogP contribution in [0.1, 0.15) is 45.4 Å². The van der Waals surface area contributed by atoms with Crippen molar-refractivity contribution >= 4 is 22.7 Å². The van der Waals surface area contributed by atoms with Gasteiger partial charge < -0.3 is 0 Å². The lowest BCUT2D eigenvalue weighted by molar-refractivity contribution is 0.00288. The molecule has 0 fully saturated rings. The lowest BCUT2D eigenvalue weighted by Gasteiger charge is -1.99. The topological polar surface area (TPSA) is 43.4 Å². The van der Waals surface area contributed by atoms with Crippen molar-refractivity contribution in [1.29, 1.82) is 0 Å². The molecule has 0 radical (unpaired) electrons.